The lowest BCUT2D eigenvalue weighted by Crippen LogP contribution is -2.43. The third-order valence-corrected chi connectivity index (χ3v) is 3.96. The molecule has 1 rings (SSSR count). The Hall–Kier alpha value is -1.36. The topological polar surface area (TPSA) is 49.4 Å². The second kappa shape index (κ2) is 8.32. The van der Waals surface area contributed by atoms with Crippen LogP contribution in [0.15, 0.2) is 22.7 Å². The summed E-state index contributed by atoms with van der Waals surface area (Å²) >= 11 is 3.41. The summed E-state index contributed by atoms with van der Waals surface area (Å²) < 4.78 is 0.970. The normalized spacial score (nSPS) is 10.9. The number of halogens is 1. The minimum Gasteiger partial charge on any atom is -0.334 e. The predicted molar refractivity (Wildman–Crippen MR) is 93.8 cm³/mol. The van der Waals surface area contributed by atoms with E-state index < -0.39 is 11.8 Å². The Labute approximate surface area is 141 Å². The molecule has 1 aromatic rings. The molecule has 0 saturated heterocycles. The largest absolute Gasteiger partial charge is 0.334 e. The number of hydrogen-bond acceptors (Lipinski definition) is 2. The van der Waals surface area contributed by atoms with Gasteiger partial charge in [-0.05, 0) is 42.5 Å². The molecule has 0 heterocycles. The van der Waals surface area contributed by atoms with E-state index in [2.05, 4.69) is 21.2 Å². The second-order valence-electron chi connectivity index (χ2n) is 6.42. The highest BCUT2D eigenvalue weighted by Gasteiger charge is 2.23. The van der Waals surface area contributed by atoms with Crippen molar-refractivity contribution < 1.29 is 9.59 Å². The van der Waals surface area contributed by atoms with E-state index in [-0.39, 0.29) is 0 Å². The van der Waals surface area contributed by atoms with E-state index >= 15 is 0 Å². The lowest BCUT2D eigenvalue weighted by Gasteiger charge is -2.25. The summed E-state index contributed by atoms with van der Waals surface area (Å²) in [5, 5.41) is 2.69. The van der Waals surface area contributed by atoms with Crippen LogP contribution >= 0.6 is 15.9 Å². The van der Waals surface area contributed by atoms with Gasteiger partial charge in [0.05, 0.1) is 0 Å². The Bertz CT molecular complexity index is 531. The molecule has 0 atom stereocenters. The van der Waals surface area contributed by atoms with Crippen molar-refractivity contribution in [1.82, 2.24) is 4.90 Å². The van der Waals surface area contributed by atoms with Crippen LogP contribution in [0.2, 0.25) is 0 Å². The zero-order chi connectivity index (χ0) is 16.9. The molecular formula is C17H25BrN2O2. The van der Waals surface area contributed by atoms with Crippen molar-refractivity contribution in [3.8, 4) is 0 Å². The predicted octanol–water partition coefficient (Wildman–Crippen LogP) is 3.84. The standard InChI is InChI=1S/C17H25BrN2O2/c1-11(2)9-20(10-12(3)4)17(22)16(21)19-14-6-7-15(18)13(5)8-14/h6-8,11-12H,9-10H2,1-5H3,(H,19,21). The van der Waals surface area contributed by atoms with Crippen LogP contribution in [0.4, 0.5) is 5.69 Å². The van der Waals surface area contributed by atoms with Gasteiger partial charge in [0.15, 0.2) is 0 Å². The summed E-state index contributed by atoms with van der Waals surface area (Å²) in [5.74, 6) is -0.401. The van der Waals surface area contributed by atoms with Gasteiger partial charge in [-0.15, -0.1) is 0 Å². The van der Waals surface area contributed by atoms with Gasteiger partial charge in [0.1, 0.15) is 0 Å². The van der Waals surface area contributed by atoms with Gasteiger partial charge >= 0.3 is 11.8 Å². The molecule has 2 amide bonds. The highest BCUT2D eigenvalue weighted by molar-refractivity contribution is 9.10. The van der Waals surface area contributed by atoms with Crippen LogP contribution in [0.1, 0.15) is 33.3 Å². The van der Waals surface area contributed by atoms with Crippen molar-refractivity contribution in [2.75, 3.05) is 18.4 Å². The van der Waals surface area contributed by atoms with Crippen LogP contribution in [0.5, 0.6) is 0 Å². The Balaban J connectivity index is 2.79. The van der Waals surface area contributed by atoms with Crippen molar-refractivity contribution in [2.45, 2.75) is 34.6 Å². The SMILES string of the molecule is Cc1cc(NC(=O)C(=O)N(CC(C)C)CC(C)C)ccc1Br. The fourth-order valence-electron chi connectivity index (χ4n) is 2.17. The fraction of sp³-hybridized carbons (Fsp3) is 0.529. The summed E-state index contributed by atoms with van der Waals surface area (Å²) in [7, 11) is 0. The molecule has 0 aliphatic heterocycles. The number of carbonyl (C=O) groups is 2. The molecule has 0 aliphatic rings. The zero-order valence-electron chi connectivity index (χ0n) is 13.9. The maximum Gasteiger partial charge on any atom is 0.313 e. The van der Waals surface area contributed by atoms with Gasteiger partial charge in [-0.1, -0.05) is 43.6 Å². The molecule has 1 N–H and O–H groups in total. The molecule has 0 saturated carbocycles. The average molecular weight is 369 g/mol. The van der Waals surface area contributed by atoms with E-state index in [1.165, 1.54) is 0 Å². The van der Waals surface area contributed by atoms with Crippen LogP contribution in [0.25, 0.3) is 0 Å². The zero-order valence-corrected chi connectivity index (χ0v) is 15.5. The average Bonchev–Trinajstić information content (AvgIpc) is 2.40. The lowest BCUT2D eigenvalue weighted by atomic mass is 10.1. The summed E-state index contributed by atoms with van der Waals surface area (Å²) in [5.41, 5.74) is 1.64. The molecule has 4 nitrogen and oxygen atoms in total. The van der Waals surface area contributed by atoms with Gasteiger partial charge in [-0.3, -0.25) is 9.59 Å². The van der Waals surface area contributed by atoms with Crippen molar-refractivity contribution in [1.29, 1.82) is 0 Å². The molecule has 0 fully saturated rings. The number of anilines is 1. The van der Waals surface area contributed by atoms with Gasteiger partial charge in [0, 0.05) is 23.2 Å². The van der Waals surface area contributed by atoms with Crippen LogP contribution in [0, 0.1) is 18.8 Å². The fourth-order valence-corrected chi connectivity index (χ4v) is 2.42. The van der Waals surface area contributed by atoms with Gasteiger partial charge in [-0.25, -0.2) is 0 Å². The van der Waals surface area contributed by atoms with E-state index in [0.717, 1.165) is 10.0 Å². The first-order valence-corrected chi connectivity index (χ1v) is 8.36. The van der Waals surface area contributed by atoms with Crippen LogP contribution in [-0.4, -0.2) is 29.8 Å². The van der Waals surface area contributed by atoms with Crippen LogP contribution in [0.3, 0.4) is 0 Å². The summed E-state index contributed by atoms with van der Waals surface area (Å²) in [6, 6.07) is 5.47. The Kier molecular flexibility index (Phi) is 7.07. The quantitative estimate of drug-likeness (QED) is 0.802. The third-order valence-electron chi connectivity index (χ3n) is 3.07. The van der Waals surface area contributed by atoms with E-state index in [0.29, 0.717) is 30.6 Å². The molecule has 0 aliphatic carbocycles. The second-order valence-corrected chi connectivity index (χ2v) is 7.27. The lowest BCUT2D eigenvalue weighted by molar-refractivity contribution is -0.143. The van der Waals surface area contributed by atoms with Gasteiger partial charge in [0.2, 0.25) is 0 Å². The summed E-state index contributed by atoms with van der Waals surface area (Å²) in [4.78, 5) is 26.2. The molecule has 22 heavy (non-hydrogen) atoms. The minimum atomic E-state index is -0.581. The van der Waals surface area contributed by atoms with Crippen LogP contribution in [-0.2, 0) is 9.59 Å². The number of nitrogens with one attached hydrogen (secondary N) is 1. The first kappa shape index (κ1) is 18.7. The van der Waals surface area contributed by atoms with Crippen molar-refractivity contribution in [2.24, 2.45) is 11.8 Å². The van der Waals surface area contributed by atoms with E-state index in [4.69, 9.17) is 0 Å². The number of hydrogen-bond donors (Lipinski definition) is 1. The molecule has 0 spiro atoms. The number of carbonyl (C=O) groups excluding carboxylic acids is 2. The number of rotatable bonds is 5. The maximum atomic E-state index is 12.4. The third kappa shape index (κ3) is 5.79. The molecule has 122 valence electrons. The molecule has 0 aromatic heterocycles. The van der Waals surface area contributed by atoms with Gasteiger partial charge in [0.25, 0.3) is 0 Å². The Morgan fingerprint density at radius 2 is 1.68 bits per heavy atom. The van der Waals surface area contributed by atoms with E-state index in [1.807, 2.05) is 46.8 Å². The monoisotopic (exact) mass is 368 g/mol. The molecule has 5 heteroatoms. The highest BCUT2D eigenvalue weighted by Crippen LogP contribution is 2.20. The minimum absolute atomic E-state index is 0.324. The maximum absolute atomic E-state index is 12.4. The summed E-state index contributed by atoms with van der Waals surface area (Å²) in [6.45, 7) is 11.3. The summed E-state index contributed by atoms with van der Waals surface area (Å²) in [6.07, 6.45) is 0. The molecule has 0 radical (unpaired) electrons. The van der Waals surface area contributed by atoms with E-state index in [9.17, 15) is 9.59 Å². The molecular weight excluding hydrogens is 344 g/mol. The number of amides is 2. The van der Waals surface area contributed by atoms with Gasteiger partial charge < -0.3 is 10.2 Å². The molecule has 1 aromatic carbocycles. The Morgan fingerprint density at radius 1 is 1.14 bits per heavy atom. The van der Waals surface area contributed by atoms with Crippen molar-refractivity contribution >= 4 is 33.4 Å². The first-order valence-electron chi connectivity index (χ1n) is 7.57. The smallest absolute Gasteiger partial charge is 0.313 e. The molecule has 0 unspecified atom stereocenters. The van der Waals surface area contributed by atoms with Crippen molar-refractivity contribution in [3.05, 3.63) is 28.2 Å². The molecule has 0 bridgehead atoms. The first-order chi connectivity index (χ1) is 10.2. The number of aryl methyl sites for hydroxylation is 1. The number of benzene rings is 1. The van der Waals surface area contributed by atoms with Crippen molar-refractivity contribution in [3.63, 3.8) is 0 Å². The Morgan fingerprint density at radius 3 is 2.14 bits per heavy atom. The highest BCUT2D eigenvalue weighted by atomic mass is 79.9. The van der Waals surface area contributed by atoms with Crippen LogP contribution < -0.4 is 5.32 Å². The van der Waals surface area contributed by atoms with Gasteiger partial charge in [-0.2, -0.15) is 0 Å². The number of nitrogens with zero attached hydrogens (tertiary/aromatic N) is 1. The van der Waals surface area contributed by atoms with E-state index in [1.54, 1.807) is 11.0 Å².